The number of unbranched alkanes of at least 4 members (excludes halogenated alkanes) is 1. The highest BCUT2D eigenvalue weighted by molar-refractivity contribution is 5.98. The van der Waals surface area contributed by atoms with Gasteiger partial charge in [-0.1, -0.05) is 76.1 Å². The highest BCUT2D eigenvalue weighted by Gasteiger charge is 2.76. The maximum atomic E-state index is 14.7. The lowest BCUT2D eigenvalue weighted by Crippen LogP contribution is -2.59. The summed E-state index contributed by atoms with van der Waals surface area (Å²) in [5, 5.41) is 10.6. The van der Waals surface area contributed by atoms with Gasteiger partial charge in [-0.15, -0.1) is 13.2 Å². The molecule has 3 heterocycles. The van der Waals surface area contributed by atoms with Crippen LogP contribution in [0.25, 0.3) is 0 Å². The second-order valence-corrected chi connectivity index (χ2v) is 13.7. The SMILES string of the molecule is C=CCCC(=O)N(C)[C@H](C)[C@H](OC(=O)[C@@H]1[C@@H]2CC[C@]3(O2)[C@H](C(=O)N(CC=C)CCCC)N([C@@H](CO)[C@@H](C)CC)C(=O)[C@@H]13)c1ccccc1. The molecule has 1 aromatic rings. The topological polar surface area (TPSA) is 117 Å². The zero-order valence-corrected chi connectivity index (χ0v) is 29.4. The molecule has 0 saturated carbocycles. The van der Waals surface area contributed by atoms with Gasteiger partial charge in [0.15, 0.2) is 0 Å². The van der Waals surface area contributed by atoms with Crippen LogP contribution in [0.15, 0.2) is 55.6 Å². The van der Waals surface area contributed by atoms with Crippen molar-refractivity contribution in [3.63, 3.8) is 0 Å². The molecule has 264 valence electrons. The number of carbonyl (C=O) groups excluding carboxylic acids is 4. The van der Waals surface area contributed by atoms with Crippen LogP contribution in [0.4, 0.5) is 0 Å². The van der Waals surface area contributed by atoms with Crippen molar-refractivity contribution in [1.82, 2.24) is 14.7 Å². The Morgan fingerprint density at radius 2 is 1.88 bits per heavy atom. The monoisotopic (exact) mass is 665 g/mol. The number of fused-ring (bicyclic) bond motifs is 1. The van der Waals surface area contributed by atoms with E-state index < -0.39 is 53.7 Å². The first-order valence-corrected chi connectivity index (χ1v) is 17.6. The first-order valence-electron chi connectivity index (χ1n) is 17.6. The number of amides is 3. The van der Waals surface area contributed by atoms with Crippen LogP contribution in [0, 0.1) is 17.8 Å². The first-order chi connectivity index (χ1) is 23.0. The van der Waals surface area contributed by atoms with Crippen molar-refractivity contribution < 1.29 is 33.8 Å². The Balaban J connectivity index is 1.73. The highest BCUT2D eigenvalue weighted by Crippen LogP contribution is 2.59. The van der Waals surface area contributed by atoms with Gasteiger partial charge < -0.3 is 29.3 Å². The van der Waals surface area contributed by atoms with E-state index in [9.17, 15) is 24.3 Å². The van der Waals surface area contributed by atoms with Crippen LogP contribution in [-0.2, 0) is 28.7 Å². The van der Waals surface area contributed by atoms with Crippen molar-refractivity contribution in [2.75, 3.05) is 26.7 Å². The second kappa shape index (κ2) is 16.3. The number of benzene rings is 1. The van der Waals surface area contributed by atoms with Gasteiger partial charge in [-0.2, -0.15) is 0 Å². The van der Waals surface area contributed by atoms with Gasteiger partial charge in [-0.3, -0.25) is 19.2 Å². The van der Waals surface area contributed by atoms with Crippen molar-refractivity contribution >= 4 is 23.7 Å². The quantitative estimate of drug-likeness (QED) is 0.179. The van der Waals surface area contributed by atoms with Crippen LogP contribution >= 0.6 is 0 Å². The number of aliphatic hydroxyl groups is 1. The number of aliphatic hydroxyl groups excluding tert-OH is 1. The van der Waals surface area contributed by atoms with Gasteiger partial charge in [0, 0.05) is 26.6 Å². The molecule has 10 nitrogen and oxygen atoms in total. The summed E-state index contributed by atoms with van der Waals surface area (Å²) in [7, 11) is 1.70. The number of nitrogens with zero attached hydrogens (tertiary/aromatic N) is 3. The molecule has 3 aliphatic rings. The van der Waals surface area contributed by atoms with Gasteiger partial charge in [0.05, 0.1) is 36.6 Å². The Morgan fingerprint density at radius 3 is 2.48 bits per heavy atom. The molecule has 48 heavy (non-hydrogen) atoms. The number of hydrogen-bond acceptors (Lipinski definition) is 7. The molecule has 0 aromatic heterocycles. The van der Waals surface area contributed by atoms with Crippen LogP contribution in [0.1, 0.15) is 84.3 Å². The lowest BCUT2D eigenvalue weighted by atomic mass is 9.70. The van der Waals surface area contributed by atoms with E-state index in [1.165, 1.54) is 0 Å². The Hall–Kier alpha value is -3.50. The third-order valence-electron chi connectivity index (χ3n) is 10.9. The summed E-state index contributed by atoms with van der Waals surface area (Å²) in [6.07, 6.45) is 6.08. The zero-order chi connectivity index (χ0) is 35.2. The van der Waals surface area contributed by atoms with Crippen molar-refractivity contribution in [3.05, 3.63) is 61.2 Å². The summed E-state index contributed by atoms with van der Waals surface area (Å²) in [6.45, 7) is 15.9. The molecule has 10 heteroatoms. The minimum absolute atomic E-state index is 0.100. The minimum atomic E-state index is -1.22. The molecule has 3 saturated heterocycles. The van der Waals surface area contributed by atoms with Crippen LogP contribution in [0.2, 0.25) is 0 Å². The van der Waals surface area contributed by atoms with E-state index in [0.29, 0.717) is 38.8 Å². The molecule has 1 aromatic carbocycles. The molecule has 9 atom stereocenters. The summed E-state index contributed by atoms with van der Waals surface area (Å²) in [5.41, 5.74) is -0.499. The molecule has 0 unspecified atom stereocenters. The van der Waals surface area contributed by atoms with Gasteiger partial charge in [-0.05, 0) is 44.1 Å². The fraction of sp³-hybridized carbons (Fsp3) is 0.632. The standard InChI is InChI=1S/C38H55N3O7/c1-8-12-19-30(43)39(7)26(6)33(27-17-15-14-16-18-27)47-37(46)31-29-20-21-38(48-29)32(31)35(44)41(28(24-42)25(5)11-4)34(38)36(45)40(22-10-3)23-13-9-2/h8,10,14-18,25-26,28-29,31-34,42H,1,3,9,11-13,19-24H2,2,4-7H3/t25-,26+,28-,29-,31+,32+,33-,34-,38+/m0/s1. The van der Waals surface area contributed by atoms with Crippen LogP contribution < -0.4 is 0 Å². The fourth-order valence-electron chi connectivity index (χ4n) is 7.90. The normalized spacial score (nSPS) is 26.7. The smallest absolute Gasteiger partial charge is 0.313 e. The average Bonchev–Trinajstić information content (AvgIpc) is 3.75. The van der Waals surface area contributed by atoms with E-state index in [1.807, 2.05) is 51.1 Å². The number of hydrogen-bond donors (Lipinski definition) is 1. The number of likely N-dealkylation sites (tertiary alicyclic amines) is 1. The van der Waals surface area contributed by atoms with Crippen molar-refractivity contribution in [1.29, 1.82) is 0 Å². The lowest BCUT2D eigenvalue weighted by molar-refractivity contribution is -0.165. The molecule has 0 radical (unpaired) electrons. The number of allylic oxidation sites excluding steroid dienone is 1. The highest BCUT2D eigenvalue weighted by atomic mass is 16.6. The predicted molar refractivity (Wildman–Crippen MR) is 183 cm³/mol. The van der Waals surface area contributed by atoms with Gasteiger partial charge in [-0.25, -0.2) is 0 Å². The van der Waals surface area contributed by atoms with Crippen LogP contribution in [0.5, 0.6) is 0 Å². The largest absolute Gasteiger partial charge is 0.455 e. The predicted octanol–water partition coefficient (Wildman–Crippen LogP) is 4.68. The molecule has 3 aliphatic heterocycles. The van der Waals surface area contributed by atoms with Crippen molar-refractivity contribution in [3.8, 4) is 0 Å². The van der Waals surface area contributed by atoms with E-state index in [1.54, 1.807) is 33.9 Å². The summed E-state index contributed by atoms with van der Waals surface area (Å²) in [4.78, 5) is 61.5. The summed E-state index contributed by atoms with van der Waals surface area (Å²) < 4.78 is 13.0. The van der Waals surface area contributed by atoms with E-state index in [4.69, 9.17) is 9.47 Å². The summed E-state index contributed by atoms with van der Waals surface area (Å²) >= 11 is 0. The Morgan fingerprint density at radius 1 is 1.17 bits per heavy atom. The fourth-order valence-corrected chi connectivity index (χ4v) is 7.90. The van der Waals surface area contributed by atoms with Crippen LogP contribution in [-0.4, -0.2) is 100 Å². The Kier molecular flexibility index (Phi) is 12.6. The molecule has 4 rings (SSSR count). The minimum Gasteiger partial charge on any atom is -0.455 e. The number of ether oxygens (including phenoxy) is 2. The lowest BCUT2D eigenvalue weighted by Gasteiger charge is -2.41. The van der Waals surface area contributed by atoms with Gasteiger partial charge >= 0.3 is 5.97 Å². The average molecular weight is 666 g/mol. The van der Waals surface area contributed by atoms with E-state index in [2.05, 4.69) is 20.1 Å². The second-order valence-electron chi connectivity index (χ2n) is 13.7. The van der Waals surface area contributed by atoms with Gasteiger partial charge in [0.1, 0.15) is 17.7 Å². The van der Waals surface area contributed by atoms with E-state index in [0.717, 1.165) is 18.4 Å². The number of carbonyl (C=O) groups is 4. The third-order valence-corrected chi connectivity index (χ3v) is 10.9. The maximum absolute atomic E-state index is 14.7. The number of rotatable bonds is 18. The Labute approximate surface area is 286 Å². The van der Waals surface area contributed by atoms with Crippen molar-refractivity contribution in [2.24, 2.45) is 17.8 Å². The molecule has 3 amide bonds. The zero-order valence-electron chi connectivity index (χ0n) is 29.4. The van der Waals surface area contributed by atoms with Crippen molar-refractivity contribution in [2.45, 2.75) is 109 Å². The molecular weight excluding hydrogens is 610 g/mol. The number of esters is 1. The van der Waals surface area contributed by atoms with E-state index >= 15 is 0 Å². The van der Waals surface area contributed by atoms with Gasteiger partial charge in [0.2, 0.25) is 17.7 Å². The number of likely N-dealkylation sites (N-methyl/N-ethyl adjacent to an activating group) is 1. The first kappa shape index (κ1) is 37.3. The Bertz CT molecular complexity index is 1320. The maximum Gasteiger partial charge on any atom is 0.313 e. The summed E-state index contributed by atoms with van der Waals surface area (Å²) in [6, 6.07) is 7.16. The molecule has 0 aliphatic carbocycles. The molecule has 1 spiro atoms. The van der Waals surface area contributed by atoms with Crippen LogP contribution in [0.3, 0.4) is 0 Å². The summed E-state index contributed by atoms with van der Waals surface area (Å²) in [5.74, 6) is -3.26. The third kappa shape index (κ3) is 6.97. The molecule has 3 fully saturated rings. The molecular formula is C38H55N3O7. The molecule has 1 N–H and O–H groups in total. The van der Waals surface area contributed by atoms with Gasteiger partial charge in [0.25, 0.3) is 0 Å². The molecule has 2 bridgehead atoms. The van der Waals surface area contributed by atoms with E-state index in [-0.39, 0.29) is 36.7 Å².